The molecule has 0 aromatic carbocycles. The first kappa shape index (κ1) is 9.69. The average molecular weight is 398 g/mol. The van der Waals surface area contributed by atoms with E-state index in [2.05, 4.69) is 3.88 Å². The zero-order valence-electron chi connectivity index (χ0n) is 3.10. The molecule has 0 aromatic heterocycles. The van der Waals surface area contributed by atoms with Gasteiger partial charge in [-0.25, -0.2) is 0 Å². The third-order valence-electron chi connectivity index (χ3n) is 0.122. The van der Waals surface area contributed by atoms with Gasteiger partial charge in [-0.3, -0.25) is 0 Å². The zero-order valence-corrected chi connectivity index (χ0v) is 9.42. The van der Waals surface area contributed by atoms with Gasteiger partial charge in [0, 0.05) is 0 Å². The molecule has 0 heterocycles. The fourth-order valence-corrected chi connectivity index (χ4v) is 0. The summed E-state index contributed by atoms with van der Waals surface area (Å²) in [5, 5.41) is 0. The predicted octanol–water partition coefficient (Wildman–Crippen LogP) is 3.66. The van der Waals surface area contributed by atoms with Crippen molar-refractivity contribution in [2.45, 2.75) is 0 Å². The van der Waals surface area contributed by atoms with Crippen LogP contribution in [-0.4, -0.2) is 0 Å². The van der Waals surface area contributed by atoms with E-state index in [1.807, 2.05) is 0 Å². The molecular weight excluding hydrogens is 398 g/mol. The minimum absolute atomic E-state index is 2.05. The molecule has 0 aliphatic carbocycles. The van der Waals surface area contributed by atoms with Gasteiger partial charge in [0.2, 0.25) is 0 Å². The summed E-state index contributed by atoms with van der Waals surface area (Å²) in [6.45, 7) is 0. The van der Waals surface area contributed by atoms with Crippen LogP contribution >= 0.6 is 48.2 Å². The normalized spacial score (nSPS) is 21.1. The van der Waals surface area contributed by atoms with Gasteiger partial charge >= 0.3 is 64.9 Å². The Hall–Kier alpha value is 1.69. The molecule has 0 bridgehead atoms. The second kappa shape index (κ2) is 1.64. The molecule has 8 heteroatoms. The first-order chi connectivity index (χ1) is 3.04. The van der Waals surface area contributed by atoms with E-state index in [9.17, 15) is 4.91 Å². The van der Waals surface area contributed by atoms with E-state index < -0.39 is 7.88 Å². The van der Waals surface area contributed by atoms with Crippen LogP contribution in [0.4, 0.5) is 0 Å². The summed E-state index contributed by atoms with van der Waals surface area (Å²) in [7, 11) is 19.2. The van der Waals surface area contributed by atoms with Crippen LogP contribution in [0, 0.1) is 4.91 Å². The van der Waals surface area contributed by atoms with Gasteiger partial charge in [0.05, 0.1) is 0 Å². The van der Waals surface area contributed by atoms with Gasteiger partial charge in [0.1, 0.15) is 0 Å². The van der Waals surface area contributed by atoms with Crippen LogP contribution in [0.2, 0.25) is 0 Å². The summed E-state index contributed by atoms with van der Waals surface area (Å²) in [6, 6.07) is 0. The van der Waals surface area contributed by atoms with Gasteiger partial charge in [-0.1, -0.05) is 0 Å². The number of rotatable bonds is 1. The third kappa shape index (κ3) is 7.69. The SMILES string of the molecule is O=[N][Os]([Cl])([Cl])([Cl])([Cl])[Cl]. The van der Waals surface area contributed by atoms with Gasteiger partial charge in [-0.2, -0.15) is 0 Å². The quantitative estimate of drug-likeness (QED) is 0.621. The van der Waals surface area contributed by atoms with Crippen molar-refractivity contribution >= 4 is 48.2 Å². The van der Waals surface area contributed by atoms with Crippen LogP contribution in [-0.2, 0) is 7.88 Å². The van der Waals surface area contributed by atoms with Gasteiger partial charge in [0.15, 0.2) is 0 Å². The molecular formula is Cl5NOOs. The molecule has 0 saturated heterocycles. The summed E-state index contributed by atoms with van der Waals surface area (Å²) >= 11 is 0. The van der Waals surface area contributed by atoms with Crippen molar-refractivity contribution in [3.8, 4) is 0 Å². The van der Waals surface area contributed by atoms with E-state index in [1.54, 1.807) is 0 Å². The summed E-state index contributed by atoms with van der Waals surface area (Å²) in [4.78, 5) is 9.65. The van der Waals surface area contributed by atoms with Crippen LogP contribution in [0.1, 0.15) is 0 Å². The topological polar surface area (TPSA) is 29.4 Å². The van der Waals surface area contributed by atoms with E-state index in [0.717, 1.165) is 0 Å². The van der Waals surface area contributed by atoms with Crippen molar-refractivity contribution in [2.75, 3.05) is 0 Å². The standard InChI is InChI=1S/5ClH.NO.Os/c;;;;;1-2;/h5*1H;;/q;;;;;-1;+6/p-5. The Morgan fingerprint density at radius 3 is 1.12 bits per heavy atom. The van der Waals surface area contributed by atoms with Gasteiger partial charge < -0.3 is 0 Å². The molecule has 0 N–H and O–H groups in total. The number of nitroso groups, excluding NO2 is 1. The van der Waals surface area contributed by atoms with Gasteiger partial charge in [0.25, 0.3) is 0 Å². The molecule has 0 aliphatic rings. The molecule has 0 saturated carbocycles. The summed E-state index contributed by atoms with van der Waals surface area (Å²) in [5.74, 6) is 0. The maximum atomic E-state index is 9.65. The second-order valence-electron chi connectivity index (χ2n) is 0.868. The van der Waals surface area contributed by atoms with Crippen LogP contribution < -0.4 is 0 Å². The van der Waals surface area contributed by atoms with Crippen molar-refractivity contribution in [3.63, 3.8) is 0 Å². The average Bonchev–Trinajstić information content (AvgIpc) is 1.30. The van der Waals surface area contributed by atoms with E-state index >= 15 is 0 Å². The fourth-order valence-electron chi connectivity index (χ4n) is 0. The van der Waals surface area contributed by atoms with Gasteiger partial charge in [-0.15, -0.1) is 0 Å². The van der Waals surface area contributed by atoms with Crippen LogP contribution in [0.25, 0.3) is 0 Å². The van der Waals surface area contributed by atoms with Gasteiger partial charge in [-0.05, 0) is 0 Å². The first-order valence-corrected chi connectivity index (χ1v) is 17.9. The van der Waals surface area contributed by atoms with Crippen LogP contribution in [0.3, 0.4) is 0 Å². The Balaban J connectivity index is 4.77. The van der Waals surface area contributed by atoms with E-state index in [0.29, 0.717) is 0 Å². The summed E-state index contributed by atoms with van der Waals surface area (Å²) < 4.78 is 2.05. The monoisotopic (exact) mass is 397 g/mol. The minimum atomic E-state index is -5.84. The third-order valence-corrected chi connectivity index (χ3v) is 3.00. The van der Waals surface area contributed by atoms with E-state index in [1.165, 1.54) is 0 Å². The van der Waals surface area contributed by atoms with Crippen LogP contribution in [0.15, 0.2) is 3.88 Å². The van der Waals surface area contributed by atoms with Crippen molar-refractivity contribution < 1.29 is 7.88 Å². The molecule has 8 heavy (non-hydrogen) atoms. The summed E-state index contributed by atoms with van der Waals surface area (Å²) in [6.07, 6.45) is 0. The Kier molecular flexibility index (Phi) is 1.99. The number of hydrogen-bond acceptors (Lipinski definition) is 2. The van der Waals surface area contributed by atoms with Crippen molar-refractivity contribution in [1.82, 2.24) is 0 Å². The summed E-state index contributed by atoms with van der Waals surface area (Å²) in [5.41, 5.74) is 0. The molecule has 0 amide bonds. The van der Waals surface area contributed by atoms with E-state index in [4.69, 9.17) is 48.2 Å². The molecule has 0 spiro atoms. The molecule has 54 valence electrons. The Morgan fingerprint density at radius 2 is 1.12 bits per heavy atom. The Labute approximate surface area is 64.3 Å². The number of hydrogen-bond donors (Lipinski definition) is 0. The molecule has 2 nitrogen and oxygen atoms in total. The molecule has 0 radical (unpaired) electrons. The second-order valence-corrected chi connectivity index (χ2v) is 45.1. The molecule has 0 aromatic rings. The first-order valence-electron chi connectivity index (χ1n) is 1.01. The fraction of sp³-hybridized carbons (Fsp3) is 0. The van der Waals surface area contributed by atoms with Crippen LogP contribution in [0.5, 0.6) is 0 Å². The predicted molar refractivity (Wildman–Crippen MR) is 35.1 cm³/mol. The number of nitrogens with zero attached hydrogens (tertiary/aromatic N) is 1. The zero-order chi connectivity index (χ0) is 7.12. The van der Waals surface area contributed by atoms with Crippen molar-refractivity contribution in [2.24, 2.45) is 3.88 Å². The molecule has 0 rings (SSSR count). The molecule has 0 fully saturated rings. The van der Waals surface area contributed by atoms with Crippen molar-refractivity contribution in [1.29, 1.82) is 0 Å². The van der Waals surface area contributed by atoms with E-state index in [-0.39, 0.29) is 0 Å². The molecule has 0 unspecified atom stereocenters. The Morgan fingerprint density at radius 1 is 1.00 bits per heavy atom. The molecule has 0 atom stereocenters. The maximum absolute atomic E-state index is 9.65. The molecule has 0 aliphatic heterocycles. The Bertz CT molecular complexity index is 116. The number of halogens is 5. The van der Waals surface area contributed by atoms with Crippen molar-refractivity contribution in [3.05, 3.63) is 4.91 Å².